The number of hydrogen-bond acceptors (Lipinski definition) is 0. The summed E-state index contributed by atoms with van der Waals surface area (Å²) in [6.07, 6.45) is 3.08. The first-order valence-electron chi connectivity index (χ1n) is 25.9. The lowest BCUT2D eigenvalue weighted by Crippen LogP contribution is -2.70. The molecule has 10 rings (SSSR count). The van der Waals surface area contributed by atoms with Crippen molar-refractivity contribution in [1.82, 2.24) is 0 Å². The van der Waals surface area contributed by atoms with Gasteiger partial charge in [-0.15, -0.1) is 0 Å². The minimum absolute atomic E-state index is 0.00410. The van der Waals surface area contributed by atoms with Crippen LogP contribution in [0.25, 0.3) is 0 Å². The monoisotopic (exact) mass is 1030 g/mol. The van der Waals surface area contributed by atoms with Crippen molar-refractivity contribution < 1.29 is 26.3 Å². The SMILES string of the molecule is CC1=C(C)C(C)C([Si](c2cc(Cc3ccc(F)cc3)cc(Cc3ccc(F)cc3)c2)(c2cc(Cc3ccc(F)cc3)cc(Cc3ccc(F)cc3)c2)c2cc(Cc3ccc(F)cc3)cc(Cc3ccc(F)cc3)c2)=C1C. The molecular weight excluding hydrogens is 971 g/mol. The fourth-order valence-electron chi connectivity index (χ4n) is 11.5. The van der Waals surface area contributed by atoms with Crippen LogP contribution in [0, 0.1) is 40.8 Å². The fraction of sp³-hybridized carbons (Fsp3) is 0.159. The van der Waals surface area contributed by atoms with E-state index in [4.69, 9.17) is 0 Å². The van der Waals surface area contributed by atoms with Gasteiger partial charge < -0.3 is 0 Å². The van der Waals surface area contributed by atoms with Crippen LogP contribution in [0.1, 0.15) is 94.5 Å². The van der Waals surface area contributed by atoms with Crippen LogP contribution in [-0.4, -0.2) is 8.07 Å². The van der Waals surface area contributed by atoms with Crippen LogP contribution in [-0.2, 0) is 38.5 Å². The van der Waals surface area contributed by atoms with Crippen molar-refractivity contribution in [3.05, 3.63) is 324 Å². The van der Waals surface area contributed by atoms with Gasteiger partial charge in [-0.1, -0.05) is 151 Å². The number of halogens is 6. The standard InChI is InChI=1S/C69H58F6Si/c1-44-45(2)47(4)69(46(44)3)76(66-38-54(29-48-5-17-60(70)18-6-48)35-55(39-66)30-49-7-19-61(71)20-8-49,67-40-56(31-50-9-21-62(72)22-10-50)36-57(41-67)32-51-11-23-63(73)24-12-51)68-42-58(33-52-13-25-64(74)26-14-52)37-59(43-68)34-53-15-27-65(75)28-16-53/h5-28,35-43,46H,29-34H2,1-4H3. The molecule has 0 amide bonds. The topological polar surface area (TPSA) is 0 Å². The minimum Gasteiger partial charge on any atom is -0.207 e. The van der Waals surface area contributed by atoms with Gasteiger partial charge in [-0.05, 0) is 226 Å². The van der Waals surface area contributed by atoms with Crippen LogP contribution < -0.4 is 15.6 Å². The van der Waals surface area contributed by atoms with Gasteiger partial charge in [0.25, 0.3) is 0 Å². The maximum Gasteiger partial charge on any atom is 0.176 e. The Hall–Kier alpha value is -7.74. The first kappa shape index (κ1) is 51.7. The van der Waals surface area contributed by atoms with Gasteiger partial charge in [-0.25, -0.2) is 26.3 Å². The molecule has 0 saturated carbocycles. The van der Waals surface area contributed by atoms with Crippen molar-refractivity contribution in [3.8, 4) is 0 Å². The molecule has 0 spiro atoms. The highest BCUT2D eigenvalue weighted by Gasteiger charge is 2.49. The molecule has 1 unspecified atom stereocenters. The molecule has 0 aliphatic heterocycles. The van der Waals surface area contributed by atoms with Gasteiger partial charge in [0.15, 0.2) is 8.07 Å². The van der Waals surface area contributed by atoms with Crippen LogP contribution in [0.15, 0.2) is 222 Å². The first-order valence-corrected chi connectivity index (χ1v) is 27.9. The second kappa shape index (κ2) is 22.2. The largest absolute Gasteiger partial charge is 0.207 e. The molecule has 0 fully saturated rings. The van der Waals surface area contributed by atoms with Crippen LogP contribution in [0.2, 0.25) is 0 Å². The van der Waals surface area contributed by atoms with Crippen molar-refractivity contribution in [2.45, 2.75) is 66.2 Å². The van der Waals surface area contributed by atoms with Crippen LogP contribution >= 0.6 is 0 Å². The van der Waals surface area contributed by atoms with Gasteiger partial charge >= 0.3 is 0 Å². The van der Waals surface area contributed by atoms with E-state index < -0.39 is 8.07 Å². The fourth-order valence-corrected chi connectivity index (χ4v) is 17.5. The second-order valence-electron chi connectivity index (χ2n) is 20.8. The van der Waals surface area contributed by atoms with Gasteiger partial charge in [0.05, 0.1) is 0 Å². The number of rotatable bonds is 16. The highest BCUT2D eigenvalue weighted by Crippen LogP contribution is 2.42. The summed E-state index contributed by atoms with van der Waals surface area (Å²) < 4.78 is 87.1. The Morgan fingerprint density at radius 2 is 0.474 bits per heavy atom. The Kier molecular flexibility index (Phi) is 15.1. The van der Waals surface area contributed by atoms with Crippen molar-refractivity contribution in [2.24, 2.45) is 5.92 Å². The van der Waals surface area contributed by atoms with E-state index in [1.807, 2.05) is 72.8 Å². The van der Waals surface area contributed by atoms with Gasteiger partial charge in [0.2, 0.25) is 0 Å². The van der Waals surface area contributed by atoms with Crippen LogP contribution in [0.3, 0.4) is 0 Å². The average Bonchev–Trinajstić information content (AvgIpc) is 3.71. The molecule has 9 aromatic carbocycles. The van der Waals surface area contributed by atoms with Gasteiger partial charge in [-0.3, -0.25) is 0 Å². The Labute approximate surface area is 443 Å². The number of hydrogen-bond donors (Lipinski definition) is 0. The lowest BCUT2D eigenvalue weighted by atomic mass is 9.98. The predicted octanol–water partition coefficient (Wildman–Crippen LogP) is 15.4. The quantitative estimate of drug-likeness (QED) is 0.0514. The molecular formula is C69H58F6Si. The molecule has 0 radical (unpaired) electrons. The van der Waals surface area contributed by atoms with E-state index in [9.17, 15) is 26.3 Å². The summed E-state index contributed by atoms with van der Waals surface area (Å²) in [4.78, 5) is 0. The van der Waals surface area contributed by atoms with Crippen molar-refractivity contribution in [2.75, 3.05) is 0 Å². The smallest absolute Gasteiger partial charge is 0.176 e. The number of allylic oxidation sites excluding steroid dienone is 4. The molecule has 76 heavy (non-hydrogen) atoms. The zero-order valence-electron chi connectivity index (χ0n) is 43.1. The molecule has 1 aliphatic carbocycles. The molecule has 1 atom stereocenters. The summed E-state index contributed by atoms with van der Waals surface area (Å²) in [5.74, 6) is -1.89. The zero-order valence-corrected chi connectivity index (χ0v) is 44.1. The maximum atomic E-state index is 14.5. The summed E-state index contributed by atoms with van der Waals surface area (Å²) in [6.45, 7) is 9.02. The summed E-state index contributed by atoms with van der Waals surface area (Å²) >= 11 is 0. The average molecular weight is 1030 g/mol. The van der Waals surface area contributed by atoms with Crippen molar-refractivity contribution >= 4 is 23.6 Å². The number of benzene rings is 9. The van der Waals surface area contributed by atoms with Crippen molar-refractivity contribution in [1.29, 1.82) is 0 Å². The summed E-state index contributed by atoms with van der Waals surface area (Å²) in [5.41, 5.74) is 15.6. The molecule has 0 aromatic heterocycles. The lowest BCUT2D eigenvalue weighted by molar-refractivity contribution is 0.626. The summed E-state index contributed by atoms with van der Waals surface area (Å²) in [5, 5.41) is 4.72. The predicted molar refractivity (Wildman–Crippen MR) is 299 cm³/mol. The van der Waals surface area contributed by atoms with Gasteiger partial charge in [0.1, 0.15) is 34.9 Å². The van der Waals surface area contributed by atoms with Crippen LogP contribution in [0.4, 0.5) is 26.3 Å². The third kappa shape index (κ3) is 11.6. The highest BCUT2D eigenvalue weighted by atomic mass is 28.3. The minimum atomic E-state index is -3.67. The highest BCUT2D eigenvalue weighted by molar-refractivity contribution is 7.16. The Morgan fingerprint density at radius 3 is 0.645 bits per heavy atom. The van der Waals surface area contributed by atoms with E-state index >= 15 is 0 Å². The molecule has 9 aromatic rings. The van der Waals surface area contributed by atoms with E-state index in [2.05, 4.69) is 82.3 Å². The molecule has 0 N–H and O–H groups in total. The zero-order chi connectivity index (χ0) is 53.1. The molecule has 1 aliphatic rings. The molecule has 0 saturated heterocycles. The molecule has 380 valence electrons. The Balaban J connectivity index is 1.33. The van der Waals surface area contributed by atoms with E-state index in [0.29, 0.717) is 38.5 Å². The van der Waals surface area contributed by atoms with E-state index in [1.165, 1.54) is 94.7 Å². The first-order chi connectivity index (χ1) is 36.6. The van der Waals surface area contributed by atoms with E-state index in [0.717, 1.165) is 82.3 Å². The Bertz CT molecular complexity index is 3060. The summed E-state index contributed by atoms with van der Waals surface area (Å²) in [7, 11) is -3.67. The molecule has 0 heterocycles. The van der Waals surface area contributed by atoms with Gasteiger partial charge in [0, 0.05) is 0 Å². The van der Waals surface area contributed by atoms with E-state index in [-0.39, 0.29) is 40.8 Å². The van der Waals surface area contributed by atoms with Gasteiger partial charge in [-0.2, -0.15) is 0 Å². The molecule has 7 heteroatoms. The third-order valence-corrected chi connectivity index (χ3v) is 20.5. The normalized spacial score (nSPS) is 13.7. The van der Waals surface area contributed by atoms with Crippen LogP contribution in [0.5, 0.6) is 0 Å². The Morgan fingerprint density at radius 1 is 0.276 bits per heavy atom. The summed E-state index contributed by atoms with van der Waals surface area (Å²) in [6, 6.07) is 60.7. The second-order valence-corrected chi connectivity index (χ2v) is 24.5. The molecule has 0 bridgehead atoms. The lowest BCUT2D eigenvalue weighted by Gasteiger charge is -2.40. The molecule has 0 nitrogen and oxygen atoms in total. The van der Waals surface area contributed by atoms with Crippen molar-refractivity contribution in [3.63, 3.8) is 0 Å². The maximum absolute atomic E-state index is 14.5. The third-order valence-electron chi connectivity index (χ3n) is 15.4. The van der Waals surface area contributed by atoms with E-state index in [1.54, 1.807) is 0 Å².